The van der Waals surface area contributed by atoms with Crippen LogP contribution in [0.3, 0.4) is 0 Å². The Morgan fingerprint density at radius 1 is 1.24 bits per heavy atom. The molecule has 0 heterocycles. The predicted molar refractivity (Wildman–Crippen MR) is 71.0 cm³/mol. The molecule has 0 aromatic heterocycles. The van der Waals surface area contributed by atoms with Crippen LogP contribution in [0.5, 0.6) is 0 Å². The van der Waals surface area contributed by atoms with Gasteiger partial charge in [-0.2, -0.15) is 0 Å². The van der Waals surface area contributed by atoms with Gasteiger partial charge in [-0.15, -0.1) is 11.8 Å². The van der Waals surface area contributed by atoms with Crippen LogP contribution in [0.15, 0.2) is 0 Å². The Bertz CT molecular complexity index is 249. The molecule has 0 saturated carbocycles. The highest BCUT2D eigenvalue weighted by atomic mass is 32.2. The number of nitrogens with one attached hydrogen (secondary N) is 1. The van der Waals surface area contributed by atoms with Gasteiger partial charge in [-0.1, -0.05) is 20.8 Å². The maximum atomic E-state index is 11.4. The van der Waals surface area contributed by atoms with Crippen LogP contribution in [0.4, 0.5) is 0 Å². The summed E-state index contributed by atoms with van der Waals surface area (Å²) in [4.78, 5) is 22.4. The summed E-state index contributed by atoms with van der Waals surface area (Å²) in [6.07, 6.45) is 0.946. The first-order valence-electron chi connectivity index (χ1n) is 5.85. The molecule has 0 spiro atoms. The third-order valence-corrected chi connectivity index (χ3v) is 2.86. The van der Waals surface area contributed by atoms with Gasteiger partial charge in [0.05, 0.1) is 18.1 Å². The molecule has 1 amide bonds. The summed E-state index contributed by atoms with van der Waals surface area (Å²) in [7, 11) is 0. The van der Waals surface area contributed by atoms with Crippen molar-refractivity contribution in [2.45, 2.75) is 34.1 Å². The zero-order valence-corrected chi connectivity index (χ0v) is 12.0. The second-order valence-corrected chi connectivity index (χ2v) is 5.94. The van der Waals surface area contributed by atoms with Crippen LogP contribution in [0, 0.1) is 5.41 Å². The molecule has 0 radical (unpaired) electrons. The molecule has 17 heavy (non-hydrogen) atoms. The highest BCUT2D eigenvalue weighted by molar-refractivity contribution is 8.00. The minimum atomic E-state index is -0.264. The number of esters is 1. The summed E-state index contributed by atoms with van der Waals surface area (Å²) in [6.45, 7) is 9.24. The molecule has 0 aliphatic rings. The Kier molecular flexibility index (Phi) is 8.04. The summed E-state index contributed by atoms with van der Waals surface area (Å²) in [5.41, 5.74) is 0.228. The van der Waals surface area contributed by atoms with E-state index < -0.39 is 0 Å². The van der Waals surface area contributed by atoms with Crippen molar-refractivity contribution in [3.8, 4) is 0 Å². The fourth-order valence-electron chi connectivity index (χ4n) is 1.06. The van der Waals surface area contributed by atoms with E-state index in [4.69, 9.17) is 4.74 Å². The molecule has 0 bridgehead atoms. The number of ether oxygens (including phenoxy) is 1. The Balaban J connectivity index is 3.50. The van der Waals surface area contributed by atoms with Crippen LogP contribution in [-0.2, 0) is 14.3 Å². The number of thioether (sulfide) groups is 1. The lowest BCUT2D eigenvalue weighted by Gasteiger charge is -2.17. The van der Waals surface area contributed by atoms with Crippen molar-refractivity contribution in [1.29, 1.82) is 0 Å². The Labute approximate surface area is 108 Å². The molecule has 5 heteroatoms. The molecule has 0 atom stereocenters. The van der Waals surface area contributed by atoms with Crippen LogP contribution in [-0.4, -0.2) is 36.5 Å². The van der Waals surface area contributed by atoms with Gasteiger partial charge in [0, 0.05) is 6.54 Å². The van der Waals surface area contributed by atoms with Crippen molar-refractivity contribution in [3.63, 3.8) is 0 Å². The third kappa shape index (κ3) is 11.6. The van der Waals surface area contributed by atoms with E-state index in [9.17, 15) is 9.59 Å². The zero-order chi connectivity index (χ0) is 13.3. The second kappa shape index (κ2) is 8.39. The highest BCUT2D eigenvalue weighted by Gasteiger charge is 2.10. The average Bonchev–Trinajstić information content (AvgIpc) is 2.16. The van der Waals surface area contributed by atoms with Gasteiger partial charge >= 0.3 is 5.97 Å². The number of hydrogen-bond donors (Lipinski definition) is 1. The number of rotatable bonds is 7. The van der Waals surface area contributed by atoms with Gasteiger partial charge < -0.3 is 10.1 Å². The number of carbonyl (C=O) groups is 2. The summed E-state index contributed by atoms with van der Waals surface area (Å²) in [5, 5.41) is 2.83. The molecular formula is C12H23NO3S. The molecule has 0 aliphatic carbocycles. The van der Waals surface area contributed by atoms with Crippen molar-refractivity contribution in [2.24, 2.45) is 5.41 Å². The Morgan fingerprint density at radius 3 is 2.41 bits per heavy atom. The molecule has 0 unspecified atom stereocenters. The lowest BCUT2D eigenvalue weighted by Crippen LogP contribution is -2.29. The van der Waals surface area contributed by atoms with Crippen LogP contribution in [0.25, 0.3) is 0 Å². The topological polar surface area (TPSA) is 55.4 Å². The first-order valence-corrected chi connectivity index (χ1v) is 7.00. The van der Waals surface area contributed by atoms with Gasteiger partial charge in [0.1, 0.15) is 0 Å². The summed E-state index contributed by atoms with van der Waals surface area (Å²) >= 11 is 1.28. The first-order chi connectivity index (χ1) is 7.85. The van der Waals surface area contributed by atoms with Crippen LogP contribution < -0.4 is 5.32 Å². The molecule has 0 aromatic carbocycles. The second-order valence-electron chi connectivity index (χ2n) is 4.96. The molecule has 0 aliphatic heterocycles. The standard InChI is InChI=1S/C12H23NO3S/c1-5-16-11(15)9-17-8-10(14)13-7-6-12(2,3)4/h5-9H2,1-4H3,(H,13,14). The molecular weight excluding hydrogens is 238 g/mol. The van der Waals surface area contributed by atoms with E-state index in [1.54, 1.807) is 6.92 Å². The average molecular weight is 261 g/mol. The molecule has 0 fully saturated rings. The number of amides is 1. The largest absolute Gasteiger partial charge is 0.465 e. The van der Waals surface area contributed by atoms with Crippen LogP contribution in [0.2, 0.25) is 0 Å². The first kappa shape index (κ1) is 16.3. The highest BCUT2D eigenvalue weighted by Crippen LogP contribution is 2.16. The minimum Gasteiger partial charge on any atom is -0.465 e. The summed E-state index contributed by atoms with van der Waals surface area (Å²) in [6, 6.07) is 0. The van der Waals surface area contributed by atoms with Crippen molar-refractivity contribution < 1.29 is 14.3 Å². The van der Waals surface area contributed by atoms with Crippen LogP contribution in [0.1, 0.15) is 34.1 Å². The van der Waals surface area contributed by atoms with E-state index in [0.29, 0.717) is 18.9 Å². The molecule has 100 valence electrons. The molecule has 1 N–H and O–H groups in total. The molecule has 0 aromatic rings. The van der Waals surface area contributed by atoms with E-state index in [2.05, 4.69) is 26.1 Å². The van der Waals surface area contributed by atoms with Gasteiger partial charge in [-0.05, 0) is 18.8 Å². The Hall–Kier alpha value is -0.710. The van der Waals surface area contributed by atoms with Gasteiger partial charge in [-0.3, -0.25) is 9.59 Å². The maximum absolute atomic E-state index is 11.4. The van der Waals surface area contributed by atoms with Crippen molar-refractivity contribution >= 4 is 23.6 Å². The predicted octanol–water partition coefficient (Wildman–Crippen LogP) is 1.84. The fraction of sp³-hybridized carbons (Fsp3) is 0.833. The van der Waals surface area contributed by atoms with Crippen LogP contribution >= 0.6 is 11.8 Å². The van der Waals surface area contributed by atoms with Crippen molar-refractivity contribution in [3.05, 3.63) is 0 Å². The van der Waals surface area contributed by atoms with E-state index in [1.807, 2.05) is 0 Å². The van der Waals surface area contributed by atoms with Crippen molar-refractivity contribution in [1.82, 2.24) is 5.32 Å². The van der Waals surface area contributed by atoms with E-state index in [-0.39, 0.29) is 23.0 Å². The normalized spacial score (nSPS) is 11.1. The monoisotopic (exact) mass is 261 g/mol. The lowest BCUT2D eigenvalue weighted by atomic mass is 9.92. The number of carbonyl (C=O) groups excluding carboxylic acids is 2. The molecule has 4 nitrogen and oxygen atoms in total. The number of hydrogen-bond acceptors (Lipinski definition) is 4. The quantitative estimate of drug-likeness (QED) is 0.710. The summed E-state index contributed by atoms with van der Waals surface area (Å²) < 4.78 is 4.76. The SMILES string of the molecule is CCOC(=O)CSCC(=O)NCCC(C)(C)C. The zero-order valence-electron chi connectivity index (χ0n) is 11.2. The van der Waals surface area contributed by atoms with E-state index in [0.717, 1.165) is 6.42 Å². The Morgan fingerprint density at radius 2 is 1.88 bits per heavy atom. The van der Waals surface area contributed by atoms with E-state index >= 15 is 0 Å². The van der Waals surface area contributed by atoms with Gasteiger partial charge in [0.15, 0.2) is 0 Å². The third-order valence-electron chi connectivity index (χ3n) is 1.96. The summed E-state index contributed by atoms with van der Waals surface area (Å²) in [5.74, 6) is 0.257. The van der Waals surface area contributed by atoms with E-state index in [1.165, 1.54) is 11.8 Å². The minimum absolute atomic E-state index is 0.0245. The molecule has 0 rings (SSSR count). The van der Waals surface area contributed by atoms with Gasteiger partial charge in [0.2, 0.25) is 5.91 Å². The smallest absolute Gasteiger partial charge is 0.315 e. The van der Waals surface area contributed by atoms with Crippen molar-refractivity contribution in [2.75, 3.05) is 24.7 Å². The lowest BCUT2D eigenvalue weighted by molar-refractivity contribution is -0.139. The fourth-order valence-corrected chi connectivity index (χ4v) is 1.70. The molecule has 0 saturated heterocycles. The van der Waals surface area contributed by atoms with Gasteiger partial charge in [-0.25, -0.2) is 0 Å². The van der Waals surface area contributed by atoms with Gasteiger partial charge in [0.25, 0.3) is 0 Å². The maximum Gasteiger partial charge on any atom is 0.315 e.